The predicted octanol–water partition coefficient (Wildman–Crippen LogP) is 3.66. The molecule has 46 heavy (non-hydrogen) atoms. The van der Waals surface area contributed by atoms with Gasteiger partial charge in [-0.1, -0.05) is 18.2 Å². The Morgan fingerprint density at radius 3 is 2.65 bits per heavy atom. The zero-order chi connectivity index (χ0) is 32.0. The van der Waals surface area contributed by atoms with E-state index >= 15 is 0 Å². The number of nitrogens with one attached hydrogen (secondary N) is 1. The van der Waals surface area contributed by atoms with Crippen molar-refractivity contribution < 1.29 is 23.9 Å². The molecule has 13 nitrogen and oxygen atoms in total. The van der Waals surface area contributed by atoms with Gasteiger partial charge in [-0.05, 0) is 47.8 Å². The summed E-state index contributed by atoms with van der Waals surface area (Å²) in [6, 6.07) is 4.49. The van der Waals surface area contributed by atoms with Crippen LogP contribution in [0.25, 0.3) is 22.2 Å². The maximum atomic E-state index is 14.1. The highest BCUT2D eigenvalue weighted by Gasteiger charge is 2.67. The molecule has 1 aliphatic carbocycles. The second kappa shape index (κ2) is 12.1. The van der Waals surface area contributed by atoms with E-state index < -0.39 is 6.04 Å². The van der Waals surface area contributed by atoms with E-state index in [1.54, 1.807) is 42.5 Å². The number of hydrogen-bond acceptors (Lipinski definition) is 10. The highest BCUT2D eigenvalue weighted by atomic mass is 79.9. The molecule has 0 radical (unpaired) electrons. The molecule has 236 valence electrons. The van der Waals surface area contributed by atoms with Gasteiger partial charge in [-0.25, -0.2) is 15.0 Å². The molecule has 3 atom stereocenters. The van der Waals surface area contributed by atoms with Crippen LogP contribution < -0.4 is 5.32 Å². The number of carbonyl (C=O) groups is 3. The van der Waals surface area contributed by atoms with Crippen molar-refractivity contribution in [3.05, 3.63) is 70.6 Å². The SMILES string of the molecule is CC(=O)c1nn(CC(=O)N2[C@H]3C[C@@]4(COC/C=C/COCc5ccc(Br)nc5NC3=O)C[C@@H]24)c2cnc(-c3cnc(C)nc3)cc12. The summed E-state index contributed by atoms with van der Waals surface area (Å²) in [4.78, 5) is 59.9. The zero-order valence-corrected chi connectivity index (χ0v) is 26.9. The molecule has 14 heteroatoms. The maximum absolute atomic E-state index is 14.1. The van der Waals surface area contributed by atoms with Crippen LogP contribution in [0.3, 0.4) is 0 Å². The Bertz CT molecular complexity index is 1890. The third kappa shape index (κ3) is 5.72. The average molecular weight is 688 g/mol. The largest absolute Gasteiger partial charge is 0.377 e. The number of aromatic nitrogens is 6. The van der Waals surface area contributed by atoms with Gasteiger partial charge >= 0.3 is 0 Å². The molecular weight excluding hydrogens is 656 g/mol. The van der Waals surface area contributed by atoms with Gasteiger partial charge in [0.05, 0.1) is 43.8 Å². The van der Waals surface area contributed by atoms with Gasteiger partial charge in [0.2, 0.25) is 11.8 Å². The van der Waals surface area contributed by atoms with Gasteiger partial charge in [0, 0.05) is 47.3 Å². The van der Waals surface area contributed by atoms with Crippen LogP contribution in [0.2, 0.25) is 0 Å². The number of carbonyl (C=O) groups excluding carboxylic acids is 3. The predicted molar refractivity (Wildman–Crippen MR) is 170 cm³/mol. The number of likely N-dealkylation sites (tertiary alicyclic amines) is 1. The Morgan fingerprint density at radius 1 is 1.09 bits per heavy atom. The van der Waals surface area contributed by atoms with E-state index in [4.69, 9.17) is 9.47 Å². The van der Waals surface area contributed by atoms with Crippen LogP contribution in [0.15, 0.2) is 53.5 Å². The van der Waals surface area contributed by atoms with Gasteiger partial charge in [-0.15, -0.1) is 0 Å². The average Bonchev–Trinajstić information content (AvgIpc) is 3.45. The number of halogens is 1. The topological polar surface area (TPSA) is 154 Å². The van der Waals surface area contributed by atoms with Gasteiger partial charge in [0.1, 0.15) is 34.5 Å². The van der Waals surface area contributed by atoms with Crippen LogP contribution in [-0.2, 0) is 32.2 Å². The summed E-state index contributed by atoms with van der Waals surface area (Å²) in [5, 5.41) is 8.07. The first-order chi connectivity index (χ1) is 22.2. The quantitative estimate of drug-likeness (QED) is 0.191. The number of aryl methyl sites for hydroxylation is 1. The van der Waals surface area contributed by atoms with Gasteiger partial charge in [0.15, 0.2) is 5.78 Å². The fraction of sp³-hybridized carbons (Fsp3) is 0.375. The van der Waals surface area contributed by atoms with Gasteiger partial charge in [0.25, 0.3) is 0 Å². The van der Waals surface area contributed by atoms with E-state index in [1.807, 2.05) is 18.2 Å². The lowest BCUT2D eigenvalue weighted by molar-refractivity contribution is -0.138. The summed E-state index contributed by atoms with van der Waals surface area (Å²) >= 11 is 3.39. The summed E-state index contributed by atoms with van der Waals surface area (Å²) in [6.45, 7) is 4.53. The molecule has 0 unspecified atom stereocenters. The third-order valence-corrected chi connectivity index (χ3v) is 9.21. The van der Waals surface area contributed by atoms with Crippen LogP contribution in [-0.4, -0.2) is 84.1 Å². The summed E-state index contributed by atoms with van der Waals surface area (Å²) in [6.07, 6.45) is 9.94. The molecule has 2 aliphatic heterocycles. The van der Waals surface area contributed by atoms with Crippen molar-refractivity contribution in [2.24, 2.45) is 5.41 Å². The minimum Gasteiger partial charge on any atom is -0.377 e. The molecule has 6 heterocycles. The first-order valence-corrected chi connectivity index (χ1v) is 15.8. The molecule has 2 amide bonds. The summed E-state index contributed by atoms with van der Waals surface area (Å²) < 4.78 is 13.8. The third-order valence-electron chi connectivity index (χ3n) is 8.77. The normalized spacial score (nSPS) is 23.5. The van der Waals surface area contributed by atoms with Crippen molar-refractivity contribution in [3.63, 3.8) is 0 Å². The molecule has 2 bridgehead atoms. The smallest absolute Gasteiger partial charge is 0.248 e. The number of fused-ring (bicyclic) bond motifs is 3. The number of anilines is 1. The van der Waals surface area contributed by atoms with E-state index in [9.17, 15) is 14.4 Å². The molecule has 1 saturated carbocycles. The van der Waals surface area contributed by atoms with Gasteiger partial charge < -0.3 is 19.7 Å². The fourth-order valence-corrected chi connectivity index (χ4v) is 6.67. The first kappa shape index (κ1) is 30.3. The number of nitrogens with zero attached hydrogens (tertiary/aromatic N) is 7. The number of piperidine rings is 1. The number of ether oxygens (including phenoxy) is 2. The van der Waals surface area contributed by atoms with E-state index in [2.05, 4.69) is 46.3 Å². The monoisotopic (exact) mass is 686 g/mol. The Hall–Kier alpha value is -4.40. The van der Waals surface area contributed by atoms with E-state index in [-0.39, 0.29) is 47.9 Å². The second-order valence-electron chi connectivity index (χ2n) is 11.9. The molecule has 7 rings (SSSR count). The van der Waals surface area contributed by atoms with Crippen LogP contribution >= 0.6 is 15.9 Å². The van der Waals surface area contributed by atoms with Crippen molar-refractivity contribution in [1.82, 2.24) is 34.6 Å². The van der Waals surface area contributed by atoms with Crippen LogP contribution in [0, 0.1) is 12.3 Å². The molecular formula is C32H31BrN8O5. The van der Waals surface area contributed by atoms with Crippen LogP contribution in [0.1, 0.15) is 41.6 Å². The minimum absolute atomic E-state index is 0.161. The Kier molecular flexibility index (Phi) is 7.95. The van der Waals surface area contributed by atoms with Crippen molar-refractivity contribution in [2.45, 2.75) is 51.9 Å². The molecule has 0 aromatic carbocycles. The molecule has 1 spiro atoms. The zero-order valence-electron chi connectivity index (χ0n) is 25.3. The standard InChI is InChI=1S/C32H31BrN8O5/c1-18(42)29-22-9-23(21-12-34-19(2)35-13-21)36-14-25(22)40(39-29)15-28(43)41-24-10-32(11-26(32)41)17-46-8-4-3-7-45-16-20-5-6-27(33)37-30(20)38-31(24)44/h3-6,9,12-14,24,26H,7-8,10-11,15-17H2,1-2H3,(H,37,38,44)/b4-3+/t24-,26+,32-/m0/s1. The Labute approximate surface area is 272 Å². The van der Waals surface area contributed by atoms with Crippen molar-refractivity contribution in [3.8, 4) is 11.3 Å². The number of amides is 2. The van der Waals surface area contributed by atoms with E-state index in [0.717, 1.165) is 12.0 Å². The maximum Gasteiger partial charge on any atom is 0.248 e. The van der Waals surface area contributed by atoms with Crippen molar-refractivity contribution >= 4 is 50.2 Å². The van der Waals surface area contributed by atoms with Crippen LogP contribution in [0.4, 0.5) is 5.82 Å². The number of rotatable bonds is 4. The molecule has 4 aromatic heterocycles. The van der Waals surface area contributed by atoms with Crippen LogP contribution in [0.5, 0.6) is 0 Å². The lowest BCUT2D eigenvalue weighted by Crippen LogP contribution is -2.47. The van der Waals surface area contributed by atoms with Crippen molar-refractivity contribution in [1.29, 1.82) is 0 Å². The lowest BCUT2D eigenvalue weighted by Gasteiger charge is -2.27. The molecule has 4 aromatic rings. The number of pyridine rings is 2. The van der Waals surface area contributed by atoms with E-state index in [1.165, 1.54) is 11.6 Å². The summed E-state index contributed by atoms with van der Waals surface area (Å²) in [5.74, 6) is 0.150. The number of ketones is 1. The Morgan fingerprint density at radius 2 is 1.87 bits per heavy atom. The second-order valence-corrected chi connectivity index (χ2v) is 12.7. The lowest BCUT2D eigenvalue weighted by atomic mass is 10.00. The minimum atomic E-state index is -0.745. The molecule has 1 N–H and O–H groups in total. The van der Waals surface area contributed by atoms with Gasteiger partial charge in [-0.2, -0.15) is 5.10 Å². The van der Waals surface area contributed by atoms with Crippen molar-refractivity contribution in [2.75, 3.05) is 25.1 Å². The molecule has 1 saturated heterocycles. The summed E-state index contributed by atoms with van der Waals surface area (Å²) in [7, 11) is 0. The fourth-order valence-electron chi connectivity index (χ4n) is 6.36. The first-order valence-electron chi connectivity index (χ1n) is 15.0. The molecule has 3 aliphatic rings. The van der Waals surface area contributed by atoms with Gasteiger partial charge in [-0.3, -0.25) is 24.0 Å². The molecule has 2 fully saturated rings. The number of hydrogen-bond donors (Lipinski definition) is 1. The van der Waals surface area contributed by atoms with E-state index in [0.29, 0.717) is 64.6 Å². The number of Topliss-reactive ketones (excluding diaryl/α,β-unsaturated/α-hetero) is 1. The highest BCUT2D eigenvalue weighted by Crippen LogP contribution is 2.60. The Balaban J connectivity index is 1.20. The highest BCUT2D eigenvalue weighted by molar-refractivity contribution is 9.10. The summed E-state index contributed by atoms with van der Waals surface area (Å²) in [5.41, 5.74) is 2.44.